The van der Waals surface area contributed by atoms with Crippen LogP contribution in [0, 0.1) is 12.8 Å². The first-order valence-electron chi connectivity index (χ1n) is 10.4. The number of imide groups is 1. The highest BCUT2D eigenvalue weighted by molar-refractivity contribution is 6.30. The van der Waals surface area contributed by atoms with Crippen molar-refractivity contribution in [2.75, 3.05) is 17.1 Å². The molecule has 0 spiro atoms. The molecule has 33 heavy (non-hydrogen) atoms. The van der Waals surface area contributed by atoms with Crippen LogP contribution in [0.1, 0.15) is 17.2 Å². The molecule has 2 heterocycles. The predicted molar refractivity (Wildman–Crippen MR) is 123 cm³/mol. The number of hydroxylamine groups is 1. The molecular formula is C25H21ClN2O5. The Morgan fingerprint density at radius 1 is 0.939 bits per heavy atom. The predicted octanol–water partition coefficient (Wildman–Crippen LogP) is 4.41. The standard InChI is InChI=1S/C25H21ClN2O5/c1-14-3-8-17(9-4-14)27-24(30)21-22(15-5-12-19(29)20(13-15)32-2)28(33-23(21)25(27)31)18-10-6-16(26)7-11-18/h3-13,21-23,29H,1-2H3/t21-,22+,23+/m0/s1. The van der Waals surface area contributed by atoms with Gasteiger partial charge in [-0.3, -0.25) is 14.4 Å². The fraction of sp³-hybridized carbons (Fsp3) is 0.200. The zero-order valence-corrected chi connectivity index (χ0v) is 18.7. The number of anilines is 2. The van der Waals surface area contributed by atoms with Gasteiger partial charge in [0.25, 0.3) is 5.91 Å². The zero-order chi connectivity index (χ0) is 23.3. The van der Waals surface area contributed by atoms with Crippen molar-refractivity contribution in [1.29, 1.82) is 0 Å². The molecule has 0 unspecified atom stereocenters. The summed E-state index contributed by atoms with van der Waals surface area (Å²) in [5.41, 5.74) is 2.85. The van der Waals surface area contributed by atoms with E-state index in [0.717, 1.165) is 5.56 Å². The summed E-state index contributed by atoms with van der Waals surface area (Å²) in [6.45, 7) is 1.94. The number of amides is 2. The second-order valence-corrected chi connectivity index (χ2v) is 8.51. The third-order valence-corrected chi connectivity index (χ3v) is 6.29. The summed E-state index contributed by atoms with van der Waals surface area (Å²) in [7, 11) is 1.45. The van der Waals surface area contributed by atoms with Crippen molar-refractivity contribution >= 4 is 34.8 Å². The molecule has 3 atom stereocenters. The minimum absolute atomic E-state index is 0.0233. The lowest BCUT2D eigenvalue weighted by Crippen LogP contribution is -2.37. The van der Waals surface area contributed by atoms with Crippen LogP contribution < -0.4 is 14.7 Å². The van der Waals surface area contributed by atoms with E-state index in [1.807, 2.05) is 19.1 Å². The second-order valence-electron chi connectivity index (χ2n) is 8.08. The monoisotopic (exact) mass is 464 g/mol. The molecule has 2 aliphatic rings. The van der Waals surface area contributed by atoms with Crippen molar-refractivity contribution in [1.82, 2.24) is 0 Å². The van der Waals surface area contributed by atoms with Gasteiger partial charge < -0.3 is 9.84 Å². The van der Waals surface area contributed by atoms with Gasteiger partial charge in [-0.05, 0) is 61.0 Å². The van der Waals surface area contributed by atoms with Crippen LogP contribution in [0.3, 0.4) is 0 Å². The fourth-order valence-electron chi connectivity index (χ4n) is 4.39. The third kappa shape index (κ3) is 3.50. The Labute approximate surface area is 195 Å². The molecule has 2 saturated heterocycles. The Hall–Kier alpha value is -3.55. The average molecular weight is 465 g/mol. The number of nitrogens with zero attached hydrogens (tertiary/aromatic N) is 2. The first-order valence-corrected chi connectivity index (χ1v) is 10.8. The molecule has 0 saturated carbocycles. The van der Waals surface area contributed by atoms with Crippen LogP contribution in [0.4, 0.5) is 11.4 Å². The molecule has 3 aromatic carbocycles. The van der Waals surface area contributed by atoms with Crippen LogP contribution in [0.2, 0.25) is 5.02 Å². The Morgan fingerprint density at radius 3 is 2.27 bits per heavy atom. The van der Waals surface area contributed by atoms with Crippen LogP contribution in [0.25, 0.3) is 0 Å². The van der Waals surface area contributed by atoms with Gasteiger partial charge in [-0.2, -0.15) is 0 Å². The number of aryl methyl sites for hydroxylation is 1. The summed E-state index contributed by atoms with van der Waals surface area (Å²) >= 11 is 6.05. The normalized spacial score (nSPS) is 22.1. The number of carbonyl (C=O) groups is 2. The number of rotatable bonds is 4. The maximum Gasteiger partial charge on any atom is 0.266 e. The second kappa shape index (κ2) is 8.10. The highest BCUT2D eigenvalue weighted by Crippen LogP contribution is 2.48. The Bertz CT molecular complexity index is 1230. The van der Waals surface area contributed by atoms with E-state index in [9.17, 15) is 14.7 Å². The van der Waals surface area contributed by atoms with Crippen LogP contribution in [-0.2, 0) is 14.4 Å². The van der Waals surface area contributed by atoms with Crippen molar-refractivity contribution in [3.05, 3.63) is 82.9 Å². The molecule has 1 N–H and O–H groups in total. The number of ether oxygens (including phenoxy) is 1. The molecule has 0 aliphatic carbocycles. The van der Waals surface area contributed by atoms with Gasteiger partial charge in [0.05, 0.1) is 24.5 Å². The van der Waals surface area contributed by atoms with Gasteiger partial charge in [0, 0.05) is 5.02 Å². The summed E-state index contributed by atoms with van der Waals surface area (Å²) < 4.78 is 5.27. The molecule has 7 nitrogen and oxygen atoms in total. The quantitative estimate of drug-likeness (QED) is 0.576. The van der Waals surface area contributed by atoms with E-state index in [0.29, 0.717) is 22.0 Å². The maximum atomic E-state index is 13.6. The van der Waals surface area contributed by atoms with E-state index in [2.05, 4.69) is 0 Å². The van der Waals surface area contributed by atoms with Gasteiger partial charge in [-0.25, -0.2) is 9.96 Å². The highest BCUT2D eigenvalue weighted by atomic mass is 35.5. The smallest absolute Gasteiger partial charge is 0.266 e. The van der Waals surface area contributed by atoms with E-state index in [4.69, 9.17) is 21.2 Å². The summed E-state index contributed by atoms with van der Waals surface area (Å²) in [6, 6.07) is 18.4. The van der Waals surface area contributed by atoms with E-state index in [1.54, 1.807) is 53.6 Å². The van der Waals surface area contributed by atoms with E-state index >= 15 is 0 Å². The van der Waals surface area contributed by atoms with Crippen LogP contribution in [0.5, 0.6) is 11.5 Å². The summed E-state index contributed by atoms with van der Waals surface area (Å²) in [5.74, 6) is -1.31. The minimum Gasteiger partial charge on any atom is -0.504 e. The molecule has 2 amide bonds. The lowest BCUT2D eigenvalue weighted by Gasteiger charge is -2.29. The number of halogens is 1. The number of carbonyl (C=O) groups excluding carboxylic acids is 2. The molecule has 2 aliphatic heterocycles. The molecule has 0 radical (unpaired) electrons. The molecule has 2 fully saturated rings. The summed E-state index contributed by atoms with van der Waals surface area (Å²) in [4.78, 5) is 34.3. The number of fused-ring (bicyclic) bond motifs is 1. The van der Waals surface area contributed by atoms with Gasteiger partial charge in [-0.15, -0.1) is 0 Å². The Balaban J connectivity index is 1.60. The van der Waals surface area contributed by atoms with Crippen LogP contribution in [-0.4, -0.2) is 30.1 Å². The Kier molecular flexibility index (Phi) is 5.23. The Morgan fingerprint density at radius 2 is 1.61 bits per heavy atom. The van der Waals surface area contributed by atoms with E-state index < -0.39 is 24.0 Å². The van der Waals surface area contributed by atoms with Crippen molar-refractivity contribution in [2.45, 2.75) is 19.1 Å². The average Bonchev–Trinajstić information content (AvgIpc) is 3.32. The van der Waals surface area contributed by atoms with E-state index in [1.165, 1.54) is 18.1 Å². The fourth-order valence-corrected chi connectivity index (χ4v) is 4.52. The molecule has 5 rings (SSSR count). The SMILES string of the molecule is COc1cc([C@@H]2[C@@H]3C(=O)N(c4ccc(C)cc4)C(=O)[C@@H]3ON2c2ccc(Cl)cc2)ccc1O. The first-order chi connectivity index (χ1) is 15.9. The number of methoxy groups -OCH3 is 1. The topological polar surface area (TPSA) is 79.3 Å². The minimum atomic E-state index is -0.987. The van der Waals surface area contributed by atoms with Gasteiger partial charge in [-0.1, -0.05) is 35.4 Å². The molecule has 0 aromatic heterocycles. The largest absolute Gasteiger partial charge is 0.504 e. The van der Waals surface area contributed by atoms with Crippen molar-refractivity contribution in [2.24, 2.45) is 5.92 Å². The lowest BCUT2D eigenvalue weighted by atomic mass is 9.90. The molecule has 168 valence electrons. The summed E-state index contributed by atoms with van der Waals surface area (Å²) in [5, 5.41) is 12.2. The van der Waals surface area contributed by atoms with Crippen LogP contribution in [0.15, 0.2) is 66.7 Å². The van der Waals surface area contributed by atoms with Crippen molar-refractivity contribution in [3.8, 4) is 11.5 Å². The molecule has 8 heteroatoms. The van der Waals surface area contributed by atoms with Gasteiger partial charge in [0.1, 0.15) is 5.92 Å². The number of hydrogen-bond acceptors (Lipinski definition) is 6. The first kappa shape index (κ1) is 21.3. The maximum absolute atomic E-state index is 13.6. The third-order valence-electron chi connectivity index (χ3n) is 6.03. The summed E-state index contributed by atoms with van der Waals surface area (Å²) in [6.07, 6.45) is -0.987. The van der Waals surface area contributed by atoms with Gasteiger partial charge >= 0.3 is 0 Å². The van der Waals surface area contributed by atoms with Crippen molar-refractivity contribution < 1.29 is 24.3 Å². The van der Waals surface area contributed by atoms with Crippen molar-refractivity contribution in [3.63, 3.8) is 0 Å². The number of phenols is 1. The van der Waals surface area contributed by atoms with E-state index in [-0.39, 0.29) is 17.4 Å². The zero-order valence-electron chi connectivity index (χ0n) is 17.9. The molecular weight excluding hydrogens is 444 g/mol. The lowest BCUT2D eigenvalue weighted by molar-refractivity contribution is -0.126. The number of benzene rings is 3. The van der Waals surface area contributed by atoms with Crippen LogP contribution >= 0.6 is 11.6 Å². The number of phenolic OH excluding ortho intramolecular Hbond substituents is 1. The highest BCUT2D eigenvalue weighted by Gasteiger charge is 2.60. The van der Waals surface area contributed by atoms with Gasteiger partial charge in [0.2, 0.25) is 5.91 Å². The number of hydrogen-bond donors (Lipinski definition) is 1. The number of aromatic hydroxyl groups is 1. The van der Waals surface area contributed by atoms with Gasteiger partial charge in [0.15, 0.2) is 17.6 Å². The molecule has 0 bridgehead atoms. The molecule has 3 aromatic rings.